The number of thioether (sulfide) groups is 1. The Balaban J connectivity index is 1.52. The molecule has 0 saturated heterocycles. The Morgan fingerprint density at radius 1 is 1.27 bits per heavy atom. The van der Waals surface area contributed by atoms with Gasteiger partial charge < -0.3 is 14.5 Å². The van der Waals surface area contributed by atoms with Crippen LogP contribution in [0.5, 0.6) is 5.75 Å². The molecule has 0 atom stereocenters. The van der Waals surface area contributed by atoms with Gasteiger partial charge in [-0.05, 0) is 25.0 Å². The van der Waals surface area contributed by atoms with Crippen LogP contribution in [0.3, 0.4) is 0 Å². The smallest absolute Gasteiger partial charge is 0.387 e. The minimum atomic E-state index is -2.96. The van der Waals surface area contributed by atoms with Gasteiger partial charge in [0.1, 0.15) is 5.75 Å². The summed E-state index contributed by atoms with van der Waals surface area (Å²) in [6, 6.07) is 6.03. The van der Waals surface area contributed by atoms with Crippen LogP contribution in [0.25, 0.3) is 0 Å². The first-order valence-electron chi connectivity index (χ1n) is 8.41. The summed E-state index contributed by atoms with van der Waals surface area (Å²) in [5.41, 5.74) is 0.187. The van der Waals surface area contributed by atoms with Gasteiger partial charge >= 0.3 is 6.61 Å². The highest BCUT2D eigenvalue weighted by Gasteiger charge is 2.21. The van der Waals surface area contributed by atoms with E-state index in [2.05, 4.69) is 20.3 Å². The van der Waals surface area contributed by atoms with Gasteiger partial charge in [-0.15, -0.1) is 10.2 Å². The van der Waals surface area contributed by atoms with Crippen LogP contribution in [0.15, 0.2) is 33.9 Å². The summed E-state index contributed by atoms with van der Waals surface area (Å²) >= 11 is 1.11. The van der Waals surface area contributed by atoms with Crippen LogP contribution in [0.4, 0.5) is 14.5 Å². The van der Waals surface area contributed by atoms with E-state index >= 15 is 0 Å². The zero-order valence-corrected chi connectivity index (χ0v) is 14.8. The van der Waals surface area contributed by atoms with E-state index < -0.39 is 6.61 Å². The maximum atomic E-state index is 12.4. The highest BCUT2D eigenvalue weighted by molar-refractivity contribution is 7.99. The summed E-state index contributed by atoms with van der Waals surface area (Å²) in [4.78, 5) is 12.1. The molecule has 0 unspecified atom stereocenters. The number of carbonyl (C=O) groups excluding carboxylic acids is 1. The standard InChI is InChI=1S/C17H19F2N3O3S/c18-16(19)24-13-9-5-4-8-12(13)20-14(23)10-26-17-22-21-15(25-17)11-6-2-1-3-7-11/h4-5,8-9,11,16H,1-3,6-7,10H2,(H,20,23). The number of nitrogens with one attached hydrogen (secondary N) is 1. The lowest BCUT2D eigenvalue weighted by molar-refractivity contribution is -0.113. The molecule has 1 aliphatic carbocycles. The molecule has 3 rings (SSSR count). The van der Waals surface area contributed by atoms with Gasteiger partial charge in [0.2, 0.25) is 11.8 Å². The molecule has 1 amide bonds. The van der Waals surface area contributed by atoms with Gasteiger partial charge in [0.25, 0.3) is 5.22 Å². The van der Waals surface area contributed by atoms with Crippen molar-refractivity contribution in [2.45, 2.75) is 49.9 Å². The van der Waals surface area contributed by atoms with Crippen molar-refractivity contribution in [3.63, 3.8) is 0 Å². The number of amides is 1. The Bertz CT molecular complexity index is 736. The third-order valence-electron chi connectivity index (χ3n) is 4.08. The zero-order valence-electron chi connectivity index (χ0n) is 14.0. The van der Waals surface area contributed by atoms with Crippen LogP contribution in [0.1, 0.15) is 43.9 Å². The molecule has 6 nitrogen and oxygen atoms in total. The van der Waals surface area contributed by atoms with Crippen molar-refractivity contribution in [2.75, 3.05) is 11.1 Å². The van der Waals surface area contributed by atoms with E-state index in [4.69, 9.17) is 4.42 Å². The maximum absolute atomic E-state index is 12.4. The second-order valence-corrected chi connectivity index (χ2v) is 6.88. The van der Waals surface area contributed by atoms with Gasteiger partial charge in [0.05, 0.1) is 11.4 Å². The van der Waals surface area contributed by atoms with Crippen molar-refractivity contribution in [1.29, 1.82) is 0 Å². The minimum Gasteiger partial charge on any atom is -0.433 e. The largest absolute Gasteiger partial charge is 0.433 e. The number of aromatic nitrogens is 2. The van der Waals surface area contributed by atoms with E-state index in [-0.39, 0.29) is 23.1 Å². The molecule has 26 heavy (non-hydrogen) atoms. The Morgan fingerprint density at radius 2 is 2.04 bits per heavy atom. The fourth-order valence-corrected chi connectivity index (χ4v) is 3.45. The van der Waals surface area contributed by atoms with Gasteiger partial charge in [0.15, 0.2) is 0 Å². The quantitative estimate of drug-likeness (QED) is 0.712. The van der Waals surface area contributed by atoms with Crippen molar-refractivity contribution in [3.8, 4) is 5.75 Å². The number of benzene rings is 1. The Labute approximate surface area is 153 Å². The predicted octanol–water partition coefficient (Wildman–Crippen LogP) is 4.45. The average molecular weight is 383 g/mol. The van der Waals surface area contributed by atoms with Crippen LogP contribution in [0, 0.1) is 0 Å². The second kappa shape index (κ2) is 8.98. The number of ether oxygens (including phenoxy) is 1. The Hall–Kier alpha value is -2.16. The highest BCUT2D eigenvalue weighted by Crippen LogP contribution is 2.33. The number of hydrogen-bond donors (Lipinski definition) is 1. The van der Waals surface area contributed by atoms with Gasteiger partial charge in [-0.1, -0.05) is 43.2 Å². The molecule has 1 aromatic carbocycles. The maximum Gasteiger partial charge on any atom is 0.387 e. The molecule has 1 saturated carbocycles. The lowest BCUT2D eigenvalue weighted by atomic mass is 9.89. The molecule has 9 heteroatoms. The third kappa shape index (κ3) is 5.17. The van der Waals surface area contributed by atoms with Crippen LogP contribution in [-0.2, 0) is 4.79 Å². The minimum absolute atomic E-state index is 0.0231. The second-order valence-electron chi connectivity index (χ2n) is 5.95. The summed E-state index contributed by atoms with van der Waals surface area (Å²) in [5, 5.41) is 10.9. The van der Waals surface area contributed by atoms with Crippen molar-refractivity contribution < 1.29 is 22.7 Å². The van der Waals surface area contributed by atoms with E-state index in [1.54, 1.807) is 12.1 Å². The number of carbonyl (C=O) groups is 1. The van der Waals surface area contributed by atoms with E-state index in [9.17, 15) is 13.6 Å². The molecule has 0 radical (unpaired) electrons. The molecule has 1 aliphatic rings. The number of anilines is 1. The zero-order chi connectivity index (χ0) is 18.4. The molecule has 2 aromatic rings. The number of alkyl halides is 2. The van der Waals surface area contributed by atoms with E-state index in [0.29, 0.717) is 17.0 Å². The molecular weight excluding hydrogens is 364 g/mol. The van der Waals surface area contributed by atoms with Crippen LogP contribution in [0.2, 0.25) is 0 Å². The van der Waals surface area contributed by atoms with Gasteiger partial charge in [-0.25, -0.2) is 0 Å². The fraction of sp³-hybridized carbons (Fsp3) is 0.471. The number of hydrogen-bond acceptors (Lipinski definition) is 6. The first-order valence-corrected chi connectivity index (χ1v) is 9.40. The van der Waals surface area contributed by atoms with E-state index in [0.717, 1.165) is 37.4 Å². The monoisotopic (exact) mass is 383 g/mol. The molecule has 0 spiro atoms. The van der Waals surface area contributed by atoms with Crippen molar-refractivity contribution >= 4 is 23.4 Å². The number of nitrogens with zero attached hydrogens (tertiary/aromatic N) is 2. The topological polar surface area (TPSA) is 77.2 Å². The average Bonchev–Trinajstić information content (AvgIpc) is 3.11. The van der Waals surface area contributed by atoms with Crippen LogP contribution >= 0.6 is 11.8 Å². The molecular formula is C17H19F2N3O3S. The summed E-state index contributed by atoms with van der Waals surface area (Å²) < 4.78 is 34.8. The SMILES string of the molecule is O=C(CSc1nnc(C2CCCCC2)o1)Nc1ccccc1OC(F)F. The molecule has 140 valence electrons. The highest BCUT2D eigenvalue weighted by atomic mass is 32.2. The number of rotatable bonds is 7. The summed E-state index contributed by atoms with van der Waals surface area (Å²) in [6.45, 7) is -2.96. The summed E-state index contributed by atoms with van der Waals surface area (Å²) in [6.07, 6.45) is 5.67. The molecule has 1 aromatic heterocycles. The first-order chi connectivity index (χ1) is 12.6. The Kier molecular flexibility index (Phi) is 6.43. The summed E-state index contributed by atoms with van der Waals surface area (Å²) in [5.74, 6) is 0.493. The lowest BCUT2D eigenvalue weighted by Crippen LogP contribution is -2.15. The van der Waals surface area contributed by atoms with E-state index in [1.807, 2.05) is 0 Å². The van der Waals surface area contributed by atoms with E-state index in [1.165, 1.54) is 18.6 Å². The van der Waals surface area contributed by atoms with Crippen molar-refractivity contribution in [1.82, 2.24) is 10.2 Å². The van der Waals surface area contributed by atoms with Crippen LogP contribution < -0.4 is 10.1 Å². The normalized spacial score (nSPS) is 15.2. The van der Waals surface area contributed by atoms with Gasteiger partial charge in [-0.3, -0.25) is 4.79 Å². The van der Waals surface area contributed by atoms with Crippen LogP contribution in [-0.4, -0.2) is 28.5 Å². The molecule has 1 heterocycles. The predicted molar refractivity (Wildman–Crippen MR) is 92.6 cm³/mol. The van der Waals surface area contributed by atoms with Crippen molar-refractivity contribution in [2.24, 2.45) is 0 Å². The molecule has 0 bridgehead atoms. The Morgan fingerprint density at radius 3 is 2.81 bits per heavy atom. The molecule has 1 N–H and O–H groups in total. The van der Waals surface area contributed by atoms with Gasteiger partial charge in [-0.2, -0.15) is 8.78 Å². The molecule has 1 fully saturated rings. The lowest BCUT2D eigenvalue weighted by Gasteiger charge is -2.17. The van der Waals surface area contributed by atoms with Gasteiger partial charge in [0, 0.05) is 5.92 Å². The van der Waals surface area contributed by atoms with Crippen molar-refractivity contribution in [3.05, 3.63) is 30.2 Å². The molecule has 0 aliphatic heterocycles. The third-order valence-corrected chi connectivity index (χ3v) is 4.90. The summed E-state index contributed by atoms with van der Waals surface area (Å²) in [7, 11) is 0. The fourth-order valence-electron chi connectivity index (χ4n) is 2.88. The number of para-hydroxylation sites is 2. The number of halogens is 2. The first kappa shape index (κ1) is 18.6.